The number of benzene rings is 1. The minimum atomic E-state index is -1.19. The minimum absolute atomic E-state index is 0.221. The maximum atomic E-state index is 13.6. The van der Waals surface area contributed by atoms with Crippen LogP contribution in [-0.4, -0.2) is 43.7 Å². The Morgan fingerprint density at radius 3 is 2.38 bits per heavy atom. The number of nitrogens with zero attached hydrogens (tertiary/aromatic N) is 1. The standard InChI is InChI=1S/C15H20F2N2O2/c1-3-21-14(20)15(2,19-6-4-18-5-7-19)11-8-12(16)10-13(17)9-11/h8-10,18H,3-7H2,1-2H3. The molecular weight excluding hydrogens is 278 g/mol. The first kappa shape index (κ1) is 15.9. The second-order valence-electron chi connectivity index (χ2n) is 5.19. The van der Waals surface area contributed by atoms with E-state index in [1.165, 1.54) is 12.1 Å². The quantitative estimate of drug-likeness (QED) is 0.858. The van der Waals surface area contributed by atoms with Crippen molar-refractivity contribution in [2.45, 2.75) is 19.4 Å². The average molecular weight is 298 g/mol. The highest BCUT2D eigenvalue weighted by atomic mass is 19.1. The van der Waals surface area contributed by atoms with E-state index >= 15 is 0 Å². The second-order valence-corrected chi connectivity index (χ2v) is 5.19. The van der Waals surface area contributed by atoms with Crippen LogP contribution in [-0.2, 0) is 15.1 Å². The van der Waals surface area contributed by atoms with Gasteiger partial charge in [0.15, 0.2) is 0 Å². The molecule has 0 aliphatic carbocycles. The fraction of sp³-hybridized carbons (Fsp3) is 0.533. The van der Waals surface area contributed by atoms with Crippen LogP contribution < -0.4 is 5.32 Å². The molecule has 4 nitrogen and oxygen atoms in total. The molecule has 0 spiro atoms. The van der Waals surface area contributed by atoms with Gasteiger partial charge in [0.25, 0.3) is 0 Å². The SMILES string of the molecule is CCOC(=O)C(C)(c1cc(F)cc(F)c1)N1CCNCC1. The third-order valence-electron chi connectivity index (χ3n) is 3.85. The van der Waals surface area contributed by atoms with Crippen molar-refractivity contribution in [3.8, 4) is 0 Å². The summed E-state index contributed by atoms with van der Waals surface area (Å²) in [6, 6.07) is 3.19. The first-order chi connectivity index (χ1) is 9.98. The number of carbonyl (C=O) groups excluding carboxylic acids is 1. The zero-order chi connectivity index (χ0) is 15.5. The Hall–Kier alpha value is -1.53. The van der Waals surface area contributed by atoms with Crippen LogP contribution in [0.25, 0.3) is 0 Å². The van der Waals surface area contributed by atoms with E-state index < -0.39 is 23.1 Å². The van der Waals surface area contributed by atoms with E-state index in [9.17, 15) is 13.6 Å². The van der Waals surface area contributed by atoms with E-state index in [0.29, 0.717) is 26.2 Å². The van der Waals surface area contributed by atoms with Crippen LogP contribution >= 0.6 is 0 Å². The summed E-state index contributed by atoms with van der Waals surface area (Å²) in [6.07, 6.45) is 0. The van der Waals surface area contributed by atoms with Crippen LogP contribution in [0.5, 0.6) is 0 Å². The summed E-state index contributed by atoms with van der Waals surface area (Å²) in [5.74, 6) is -1.89. The molecule has 1 aliphatic heterocycles. The first-order valence-corrected chi connectivity index (χ1v) is 7.08. The van der Waals surface area contributed by atoms with E-state index in [1.54, 1.807) is 13.8 Å². The molecule has 1 aromatic carbocycles. The molecule has 1 heterocycles. The Kier molecular flexibility index (Phi) is 4.90. The van der Waals surface area contributed by atoms with Gasteiger partial charge in [-0.15, -0.1) is 0 Å². The lowest BCUT2D eigenvalue weighted by Gasteiger charge is -2.41. The molecule has 6 heteroatoms. The molecule has 21 heavy (non-hydrogen) atoms. The minimum Gasteiger partial charge on any atom is -0.464 e. The monoisotopic (exact) mass is 298 g/mol. The number of piperazine rings is 1. The van der Waals surface area contributed by atoms with Gasteiger partial charge in [0, 0.05) is 32.2 Å². The van der Waals surface area contributed by atoms with Crippen molar-refractivity contribution >= 4 is 5.97 Å². The molecule has 1 fully saturated rings. The third kappa shape index (κ3) is 3.22. The smallest absolute Gasteiger partial charge is 0.330 e. The van der Waals surface area contributed by atoms with Crippen LogP contribution in [0.1, 0.15) is 19.4 Å². The Balaban J connectivity index is 2.45. The van der Waals surface area contributed by atoms with E-state index in [4.69, 9.17) is 4.74 Å². The highest BCUT2D eigenvalue weighted by Crippen LogP contribution is 2.31. The molecule has 2 rings (SSSR count). The average Bonchev–Trinajstić information content (AvgIpc) is 2.46. The second kappa shape index (κ2) is 6.49. The highest BCUT2D eigenvalue weighted by Gasteiger charge is 2.43. The maximum absolute atomic E-state index is 13.6. The summed E-state index contributed by atoms with van der Waals surface area (Å²) < 4.78 is 32.3. The third-order valence-corrected chi connectivity index (χ3v) is 3.85. The van der Waals surface area contributed by atoms with Gasteiger partial charge in [-0.3, -0.25) is 4.90 Å². The topological polar surface area (TPSA) is 41.6 Å². The van der Waals surface area contributed by atoms with Crippen LogP contribution in [0, 0.1) is 11.6 Å². The number of hydrogen-bond acceptors (Lipinski definition) is 4. The Bertz CT molecular complexity index is 498. The number of ether oxygens (including phenoxy) is 1. The summed E-state index contributed by atoms with van der Waals surface area (Å²) in [4.78, 5) is 14.4. The van der Waals surface area contributed by atoms with Gasteiger partial charge in [-0.05, 0) is 31.5 Å². The molecule has 0 bridgehead atoms. The molecule has 1 aromatic rings. The molecule has 1 atom stereocenters. The molecule has 1 saturated heterocycles. The van der Waals surface area contributed by atoms with Crippen LogP contribution in [0.4, 0.5) is 8.78 Å². The van der Waals surface area contributed by atoms with Gasteiger partial charge >= 0.3 is 5.97 Å². The van der Waals surface area contributed by atoms with Crippen LogP contribution in [0.3, 0.4) is 0 Å². The van der Waals surface area contributed by atoms with Crippen LogP contribution in [0.2, 0.25) is 0 Å². The van der Waals surface area contributed by atoms with Crippen LogP contribution in [0.15, 0.2) is 18.2 Å². The first-order valence-electron chi connectivity index (χ1n) is 7.08. The Labute approximate surface area is 123 Å². The van der Waals surface area contributed by atoms with Crippen molar-refractivity contribution in [2.24, 2.45) is 0 Å². The molecule has 0 aromatic heterocycles. The van der Waals surface area contributed by atoms with E-state index in [2.05, 4.69) is 5.32 Å². The molecular formula is C15H20F2N2O2. The van der Waals surface area contributed by atoms with Crippen molar-refractivity contribution in [3.05, 3.63) is 35.4 Å². The molecule has 0 saturated carbocycles. The fourth-order valence-electron chi connectivity index (χ4n) is 2.65. The maximum Gasteiger partial charge on any atom is 0.330 e. The summed E-state index contributed by atoms with van der Waals surface area (Å²) in [7, 11) is 0. The lowest BCUT2D eigenvalue weighted by Crippen LogP contribution is -2.57. The van der Waals surface area contributed by atoms with E-state index in [1.807, 2.05) is 4.90 Å². The predicted molar refractivity (Wildman–Crippen MR) is 74.8 cm³/mol. The zero-order valence-electron chi connectivity index (χ0n) is 12.3. The summed E-state index contributed by atoms with van der Waals surface area (Å²) in [6.45, 7) is 6.23. The molecule has 1 N–H and O–H groups in total. The lowest BCUT2D eigenvalue weighted by atomic mass is 9.89. The van der Waals surface area contributed by atoms with E-state index in [0.717, 1.165) is 6.07 Å². The number of carbonyl (C=O) groups is 1. The molecule has 0 radical (unpaired) electrons. The molecule has 1 aliphatic rings. The zero-order valence-corrected chi connectivity index (χ0v) is 12.3. The lowest BCUT2D eigenvalue weighted by molar-refractivity contribution is -0.158. The van der Waals surface area contributed by atoms with Gasteiger partial charge in [-0.2, -0.15) is 0 Å². The summed E-state index contributed by atoms with van der Waals surface area (Å²) >= 11 is 0. The number of esters is 1. The van der Waals surface area contributed by atoms with Gasteiger partial charge in [-0.1, -0.05) is 0 Å². The Morgan fingerprint density at radius 2 is 1.86 bits per heavy atom. The molecule has 0 amide bonds. The van der Waals surface area contributed by atoms with Gasteiger partial charge in [0.1, 0.15) is 17.2 Å². The fourth-order valence-corrected chi connectivity index (χ4v) is 2.65. The van der Waals surface area contributed by atoms with Gasteiger partial charge < -0.3 is 10.1 Å². The van der Waals surface area contributed by atoms with Crippen molar-refractivity contribution < 1.29 is 18.3 Å². The normalized spacial score (nSPS) is 19.0. The molecule has 116 valence electrons. The van der Waals surface area contributed by atoms with Crippen molar-refractivity contribution in [1.29, 1.82) is 0 Å². The number of hydrogen-bond donors (Lipinski definition) is 1. The largest absolute Gasteiger partial charge is 0.464 e. The van der Waals surface area contributed by atoms with Gasteiger partial charge in [0.05, 0.1) is 6.61 Å². The van der Waals surface area contributed by atoms with Crippen molar-refractivity contribution in [3.63, 3.8) is 0 Å². The number of rotatable bonds is 4. The highest BCUT2D eigenvalue weighted by molar-refractivity contribution is 5.82. The number of halogens is 2. The van der Waals surface area contributed by atoms with E-state index in [-0.39, 0.29) is 12.2 Å². The molecule has 1 unspecified atom stereocenters. The Morgan fingerprint density at radius 1 is 1.29 bits per heavy atom. The number of nitrogens with one attached hydrogen (secondary N) is 1. The summed E-state index contributed by atoms with van der Waals surface area (Å²) in [5, 5.41) is 3.19. The summed E-state index contributed by atoms with van der Waals surface area (Å²) in [5.41, 5.74) is -0.915. The van der Waals surface area contributed by atoms with Crippen molar-refractivity contribution in [1.82, 2.24) is 10.2 Å². The van der Waals surface area contributed by atoms with Crippen molar-refractivity contribution in [2.75, 3.05) is 32.8 Å². The van der Waals surface area contributed by atoms with Gasteiger partial charge in [-0.25, -0.2) is 13.6 Å². The predicted octanol–water partition coefficient (Wildman–Crippen LogP) is 1.65. The van der Waals surface area contributed by atoms with Gasteiger partial charge in [0.2, 0.25) is 0 Å².